The van der Waals surface area contributed by atoms with Crippen molar-refractivity contribution < 1.29 is 9.90 Å². The molecule has 2 rings (SSSR count). The number of carbonyl (C=O) groups excluding carboxylic acids is 1. The summed E-state index contributed by atoms with van der Waals surface area (Å²) < 4.78 is 0. The number of nitriles is 1. The van der Waals surface area contributed by atoms with Crippen LogP contribution in [0, 0.1) is 17.2 Å². The van der Waals surface area contributed by atoms with Crippen LogP contribution in [0.5, 0.6) is 0 Å². The van der Waals surface area contributed by atoms with Crippen molar-refractivity contribution in [1.82, 2.24) is 9.80 Å². The number of amides is 1. The number of rotatable bonds is 5. The molecule has 0 atom stereocenters. The van der Waals surface area contributed by atoms with Crippen molar-refractivity contribution in [2.45, 2.75) is 24.9 Å². The highest BCUT2D eigenvalue weighted by Gasteiger charge is 2.51. The van der Waals surface area contributed by atoms with Gasteiger partial charge in [0, 0.05) is 26.7 Å². The van der Waals surface area contributed by atoms with Crippen molar-refractivity contribution in [1.29, 1.82) is 5.26 Å². The van der Waals surface area contributed by atoms with Crippen LogP contribution in [0.2, 0.25) is 0 Å². The molecular weight excluding hydrogens is 218 g/mol. The molecule has 2 aliphatic rings. The molecular formula is C12H19N3O2. The second-order valence-corrected chi connectivity index (χ2v) is 5.25. The number of carbonyl (C=O) groups is 1. The van der Waals surface area contributed by atoms with Crippen molar-refractivity contribution in [3.63, 3.8) is 0 Å². The zero-order valence-electron chi connectivity index (χ0n) is 10.2. The maximum Gasteiger partial charge on any atom is 0.236 e. The Labute approximate surface area is 102 Å². The van der Waals surface area contributed by atoms with Gasteiger partial charge in [-0.25, -0.2) is 0 Å². The van der Waals surface area contributed by atoms with E-state index in [0.717, 1.165) is 12.8 Å². The normalized spacial score (nSPS) is 22.6. The van der Waals surface area contributed by atoms with Crippen LogP contribution in [0.4, 0.5) is 0 Å². The van der Waals surface area contributed by atoms with Crippen LogP contribution in [0.25, 0.3) is 0 Å². The summed E-state index contributed by atoms with van der Waals surface area (Å²) in [6.07, 6.45) is 2.62. The fourth-order valence-corrected chi connectivity index (χ4v) is 2.37. The van der Waals surface area contributed by atoms with E-state index in [0.29, 0.717) is 38.5 Å². The Kier molecular flexibility index (Phi) is 3.36. The molecule has 17 heavy (non-hydrogen) atoms. The predicted molar refractivity (Wildman–Crippen MR) is 62.0 cm³/mol. The monoisotopic (exact) mass is 237 g/mol. The molecule has 5 nitrogen and oxygen atoms in total. The van der Waals surface area contributed by atoms with Crippen molar-refractivity contribution in [2.75, 3.05) is 33.2 Å². The zero-order chi connectivity index (χ0) is 12.5. The first-order chi connectivity index (χ1) is 8.05. The second kappa shape index (κ2) is 4.63. The van der Waals surface area contributed by atoms with Crippen LogP contribution in [-0.2, 0) is 4.79 Å². The standard InChI is InChI=1S/C12H19N3O2/c1-14(6-2-5-13)11(16)7-15-8-12(17,9-15)10-3-4-10/h10,17H,2-4,6-9H2,1H3. The van der Waals surface area contributed by atoms with E-state index in [2.05, 4.69) is 0 Å². The molecule has 1 saturated carbocycles. The van der Waals surface area contributed by atoms with Gasteiger partial charge in [-0.15, -0.1) is 0 Å². The lowest BCUT2D eigenvalue weighted by Crippen LogP contribution is -2.64. The predicted octanol–water partition coefficient (Wildman–Crippen LogP) is -0.185. The van der Waals surface area contributed by atoms with E-state index < -0.39 is 5.60 Å². The molecule has 0 aromatic carbocycles. The smallest absolute Gasteiger partial charge is 0.236 e. The highest BCUT2D eigenvalue weighted by Crippen LogP contribution is 2.44. The molecule has 1 N–H and O–H groups in total. The van der Waals surface area contributed by atoms with Gasteiger partial charge in [0.25, 0.3) is 0 Å². The van der Waals surface area contributed by atoms with Gasteiger partial charge in [-0.05, 0) is 18.8 Å². The van der Waals surface area contributed by atoms with Gasteiger partial charge in [0.05, 0.1) is 24.6 Å². The first kappa shape index (κ1) is 12.3. The first-order valence-electron chi connectivity index (χ1n) is 6.11. The molecule has 1 aliphatic heterocycles. The van der Waals surface area contributed by atoms with E-state index in [4.69, 9.17) is 5.26 Å². The van der Waals surface area contributed by atoms with Gasteiger partial charge in [0.15, 0.2) is 0 Å². The quantitative estimate of drug-likeness (QED) is 0.720. The maximum atomic E-state index is 11.7. The van der Waals surface area contributed by atoms with Gasteiger partial charge in [-0.3, -0.25) is 9.69 Å². The summed E-state index contributed by atoms with van der Waals surface area (Å²) in [7, 11) is 1.71. The third-order valence-electron chi connectivity index (χ3n) is 3.68. The Morgan fingerprint density at radius 1 is 1.59 bits per heavy atom. The topological polar surface area (TPSA) is 67.6 Å². The minimum Gasteiger partial charge on any atom is -0.387 e. The van der Waals surface area contributed by atoms with E-state index in [-0.39, 0.29) is 5.91 Å². The van der Waals surface area contributed by atoms with Crippen molar-refractivity contribution >= 4 is 5.91 Å². The highest BCUT2D eigenvalue weighted by atomic mass is 16.3. The van der Waals surface area contributed by atoms with Gasteiger partial charge in [-0.2, -0.15) is 5.26 Å². The largest absolute Gasteiger partial charge is 0.387 e. The molecule has 1 heterocycles. The van der Waals surface area contributed by atoms with Crippen LogP contribution in [-0.4, -0.2) is 59.6 Å². The molecule has 0 aromatic rings. The van der Waals surface area contributed by atoms with Gasteiger partial charge < -0.3 is 10.0 Å². The van der Waals surface area contributed by atoms with Crippen molar-refractivity contribution in [2.24, 2.45) is 5.92 Å². The number of nitrogens with zero attached hydrogens (tertiary/aromatic N) is 3. The molecule has 0 radical (unpaired) electrons. The Bertz CT molecular complexity index is 340. The Balaban J connectivity index is 1.69. The summed E-state index contributed by atoms with van der Waals surface area (Å²) in [6.45, 7) is 2.08. The number of hydrogen-bond donors (Lipinski definition) is 1. The second-order valence-electron chi connectivity index (χ2n) is 5.25. The minimum absolute atomic E-state index is 0.0260. The van der Waals surface area contributed by atoms with Crippen LogP contribution in [0.1, 0.15) is 19.3 Å². The van der Waals surface area contributed by atoms with E-state index in [9.17, 15) is 9.90 Å². The summed E-state index contributed by atoms with van der Waals surface area (Å²) in [6, 6.07) is 2.02. The molecule has 0 unspecified atom stereocenters. The lowest BCUT2D eigenvalue weighted by Gasteiger charge is -2.47. The summed E-state index contributed by atoms with van der Waals surface area (Å²) in [5, 5.41) is 18.5. The first-order valence-corrected chi connectivity index (χ1v) is 6.11. The fourth-order valence-electron chi connectivity index (χ4n) is 2.37. The van der Waals surface area contributed by atoms with Crippen LogP contribution >= 0.6 is 0 Å². The third kappa shape index (κ3) is 2.76. The summed E-state index contributed by atoms with van der Waals surface area (Å²) in [4.78, 5) is 15.3. The number of β-amino-alcohol motifs (C(OH)–C–C–N with tert-alkyl or cyclic N) is 1. The molecule has 1 amide bonds. The van der Waals surface area contributed by atoms with E-state index >= 15 is 0 Å². The summed E-state index contributed by atoms with van der Waals surface area (Å²) in [5.41, 5.74) is -0.522. The van der Waals surface area contributed by atoms with Crippen LogP contribution in [0.3, 0.4) is 0 Å². The molecule has 94 valence electrons. The van der Waals surface area contributed by atoms with Gasteiger partial charge in [-0.1, -0.05) is 0 Å². The lowest BCUT2D eigenvalue weighted by molar-refractivity contribution is -0.143. The van der Waals surface area contributed by atoms with Gasteiger partial charge in [0.1, 0.15) is 0 Å². The summed E-state index contributed by atoms with van der Waals surface area (Å²) >= 11 is 0. The Hall–Kier alpha value is -1.12. The molecule has 0 spiro atoms. The number of aliphatic hydroxyl groups is 1. The van der Waals surface area contributed by atoms with E-state index in [1.165, 1.54) is 0 Å². The Morgan fingerprint density at radius 2 is 2.24 bits per heavy atom. The van der Waals surface area contributed by atoms with Crippen molar-refractivity contribution in [3.05, 3.63) is 0 Å². The van der Waals surface area contributed by atoms with Crippen molar-refractivity contribution in [3.8, 4) is 6.07 Å². The zero-order valence-corrected chi connectivity index (χ0v) is 10.2. The average molecular weight is 237 g/mol. The highest BCUT2D eigenvalue weighted by molar-refractivity contribution is 5.78. The molecule has 2 fully saturated rings. The van der Waals surface area contributed by atoms with Gasteiger partial charge >= 0.3 is 0 Å². The Morgan fingerprint density at radius 3 is 2.76 bits per heavy atom. The molecule has 0 bridgehead atoms. The molecule has 1 saturated heterocycles. The third-order valence-corrected chi connectivity index (χ3v) is 3.68. The van der Waals surface area contributed by atoms with E-state index in [1.54, 1.807) is 11.9 Å². The minimum atomic E-state index is -0.522. The average Bonchev–Trinajstić information content (AvgIpc) is 3.07. The maximum absolute atomic E-state index is 11.7. The molecule has 1 aliphatic carbocycles. The number of hydrogen-bond acceptors (Lipinski definition) is 4. The molecule has 0 aromatic heterocycles. The van der Waals surface area contributed by atoms with E-state index in [1.807, 2.05) is 11.0 Å². The SMILES string of the molecule is CN(CCC#N)C(=O)CN1CC(O)(C2CC2)C1. The molecule has 5 heteroatoms. The number of likely N-dealkylation sites (tertiary alicyclic amines) is 1. The fraction of sp³-hybridized carbons (Fsp3) is 0.833. The summed E-state index contributed by atoms with van der Waals surface area (Å²) in [5.74, 6) is 0.489. The van der Waals surface area contributed by atoms with Crippen LogP contribution < -0.4 is 0 Å². The van der Waals surface area contributed by atoms with Crippen LogP contribution in [0.15, 0.2) is 0 Å². The lowest BCUT2D eigenvalue weighted by atomic mass is 9.89. The van der Waals surface area contributed by atoms with Gasteiger partial charge in [0.2, 0.25) is 5.91 Å². The number of likely N-dealkylation sites (N-methyl/N-ethyl adjacent to an activating group) is 1.